The van der Waals surface area contributed by atoms with Gasteiger partial charge in [-0.2, -0.15) is 0 Å². The van der Waals surface area contributed by atoms with Crippen LogP contribution in [0.2, 0.25) is 0 Å². The van der Waals surface area contributed by atoms with Crippen LogP contribution in [0.3, 0.4) is 0 Å². The number of rotatable bonds is 6. The molecule has 0 atom stereocenters. The quantitative estimate of drug-likeness (QED) is 0.457. The summed E-state index contributed by atoms with van der Waals surface area (Å²) in [5, 5.41) is 3.61. The maximum absolute atomic E-state index is 11.3. The van der Waals surface area contributed by atoms with Gasteiger partial charge in [0.1, 0.15) is 6.61 Å². The molecular weight excluding hydrogens is 246 g/mol. The molecule has 0 unspecified atom stereocenters. The first-order chi connectivity index (χ1) is 9.13. The fraction of sp³-hybridized carbons (Fsp3) is 0.385. The first-order valence-corrected chi connectivity index (χ1v) is 6.13. The van der Waals surface area contributed by atoms with Crippen molar-refractivity contribution in [3.63, 3.8) is 0 Å². The van der Waals surface area contributed by atoms with Crippen LogP contribution in [0.5, 0.6) is 0 Å². The first kappa shape index (κ1) is 15.0. The van der Waals surface area contributed by atoms with E-state index >= 15 is 0 Å². The molecule has 6 nitrogen and oxygen atoms in total. The zero-order valence-corrected chi connectivity index (χ0v) is 11.0. The van der Waals surface area contributed by atoms with Crippen LogP contribution in [0.1, 0.15) is 18.9 Å². The second kappa shape index (κ2) is 8.10. The van der Waals surface area contributed by atoms with Crippen molar-refractivity contribution in [3.05, 3.63) is 35.9 Å². The normalized spacial score (nSPS) is 9.79. The number of alkyl carbamates (subject to hydrolysis) is 1. The second-order valence-corrected chi connectivity index (χ2v) is 3.92. The number of hydrogen-bond acceptors (Lipinski definition) is 4. The molecule has 1 aromatic rings. The molecule has 19 heavy (non-hydrogen) atoms. The van der Waals surface area contributed by atoms with Crippen LogP contribution in [0, 0.1) is 0 Å². The van der Waals surface area contributed by atoms with E-state index in [1.807, 2.05) is 30.3 Å². The zero-order valence-electron chi connectivity index (χ0n) is 11.0. The van der Waals surface area contributed by atoms with Crippen LogP contribution in [-0.4, -0.2) is 30.1 Å². The van der Waals surface area contributed by atoms with Gasteiger partial charge in [0.2, 0.25) is 5.91 Å². The van der Waals surface area contributed by atoms with Gasteiger partial charge in [-0.05, 0) is 12.5 Å². The average Bonchev–Trinajstić information content (AvgIpc) is 2.45. The number of nitrogens with two attached hydrogens (primary N) is 1. The fourth-order valence-corrected chi connectivity index (χ4v) is 1.37. The summed E-state index contributed by atoms with van der Waals surface area (Å²) >= 11 is 0. The Morgan fingerprint density at radius 3 is 2.63 bits per heavy atom. The van der Waals surface area contributed by atoms with Crippen molar-refractivity contribution in [1.82, 2.24) is 10.3 Å². The lowest BCUT2D eigenvalue weighted by atomic mass is 10.2. The number of nitrogens with one attached hydrogen (secondary N) is 1. The molecule has 0 saturated carbocycles. The molecule has 0 aromatic heterocycles. The van der Waals surface area contributed by atoms with Crippen LogP contribution in [-0.2, 0) is 16.1 Å². The number of nitrogens with zero attached hydrogens (tertiary/aromatic N) is 1. The molecule has 1 aromatic carbocycles. The summed E-state index contributed by atoms with van der Waals surface area (Å²) in [4.78, 5) is 22.7. The van der Waals surface area contributed by atoms with E-state index in [4.69, 9.17) is 10.6 Å². The Kier molecular flexibility index (Phi) is 6.38. The molecule has 0 heterocycles. The Morgan fingerprint density at radius 2 is 2.00 bits per heavy atom. The van der Waals surface area contributed by atoms with E-state index in [1.165, 1.54) is 0 Å². The van der Waals surface area contributed by atoms with Crippen molar-refractivity contribution in [2.24, 2.45) is 5.84 Å². The van der Waals surface area contributed by atoms with Crippen LogP contribution in [0.15, 0.2) is 30.3 Å². The molecule has 0 aliphatic rings. The lowest BCUT2D eigenvalue weighted by Gasteiger charge is -2.13. The lowest BCUT2D eigenvalue weighted by Crippen LogP contribution is -2.39. The van der Waals surface area contributed by atoms with Gasteiger partial charge in [0.15, 0.2) is 0 Å². The molecule has 104 valence electrons. The predicted molar refractivity (Wildman–Crippen MR) is 70.8 cm³/mol. The van der Waals surface area contributed by atoms with Gasteiger partial charge in [-0.3, -0.25) is 9.80 Å². The number of hydrazine groups is 1. The minimum atomic E-state index is -0.545. The highest BCUT2D eigenvalue weighted by atomic mass is 16.5. The third-order valence-electron chi connectivity index (χ3n) is 2.48. The number of carbonyl (C=O) groups excluding carboxylic acids is 2. The van der Waals surface area contributed by atoms with Crippen molar-refractivity contribution in [1.29, 1.82) is 0 Å². The van der Waals surface area contributed by atoms with Crippen LogP contribution in [0.25, 0.3) is 0 Å². The van der Waals surface area contributed by atoms with Gasteiger partial charge < -0.3 is 10.1 Å². The third-order valence-corrected chi connectivity index (χ3v) is 2.48. The van der Waals surface area contributed by atoms with E-state index in [2.05, 4.69) is 5.32 Å². The van der Waals surface area contributed by atoms with Crippen LogP contribution >= 0.6 is 0 Å². The fourth-order valence-electron chi connectivity index (χ4n) is 1.37. The molecule has 3 N–H and O–H groups in total. The van der Waals surface area contributed by atoms with Crippen molar-refractivity contribution < 1.29 is 14.3 Å². The summed E-state index contributed by atoms with van der Waals surface area (Å²) in [7, 11) is 0. The Balaban J connectivity index is 2.17. The predicted octanol–water partition coefficient (Wildman–Crippen LogP) is 1.03. The van der Waals surface area contributed by atoms with Crippen molar-refractivity contribution in [3.8, 4) is 0 Å². The first-order valence-electron chi connectivity index (χ1n) is 6.13. The van der Waals surface area contributed by atoms with Gasteiger partial charge >= 0.3 is 6.09 Å². The molecule has 0 fully saturated rings. The summed E-state index contributed by atoms with van der Waals surface area (Å²) in [5.74, 6) is 5.19. The highest BCUT2D eigenvalue weighted by molar-refractivity contribution is 5.76. The average molecular weight is 265 g/mol. The number of carbonyl (C=O) groups is 2. The number of ether oxygens (including phenoxy) is 1. The van der Waals surface area contributed by atoms with E-state index in [0.29, 0.717) is 6.54 Å². The monoisotopic (exact) mass is 265 g/mol. The minimum absolute atomic E-state index is 0.158. The SMILES string of the molecule is CCN(N)C(=O)CCNC(=O)OCc1ccccc1. The van der Waals surface area contributed by atoms with Gasteiger partial charge in [-0.1, -0.05) is 30.3 Å². The molecule has 1 rings (SSSR count). The summed E-state index contributed by atoms with van der Waals surface area (Å²) in [6, 6.07) is 9.36. The Bertz CT molecular complexity index is 409. The van der Waals surface area contributed by atoms with E-state index in [-0.39, 0.29) is 25.5 Å². The number of benzene rings is 1. The summed E-state index contributed by atoms with van der Waals surface area (Å²) < 4.78 is 4.99. The van der Waals surface area contributed by atoms with Crippen LogP contribution < -0.4 is 11.2 Å². The van der Waals surface area contributed by atoms with Gasteiger partial charge in [0.25, 0.3) is 0 Å². The highest BCUT2D eigenvalue weighted by Crippen LogP contribution is 2.00. The maximum atomic E-state index is 11.3. The Morgan fingerprint density at radius 1 is 1.32 bits per heavy atom. The van der Waals surface area contributed by atoms with Crippen molar-refractivity contribution >= 4 is 12.0 Å². The summed E-state index contributed by atoms with van der Waals surface area (Å²) in [6.07, 6.45) is -0.387. The Labute approximate surface area is 112 Å². The van der Waals surface area contributed by atoms with E-state index in [0.717, 1.165) is 10.6 Å². The van der Waals surface area contributed by atoms with E-state index in [9.17, 15) is 9.59 Å². The molecule has 0 bridgehead atoms. The van der Waals surface area contributed by atoms with Gasteiger partial charge in [-0.25, -0.2) is 10.6 Å². The molecule has 0 aliphatic heterocycles. The van der Waals surface area contributed by atoms with Crippen molar-refractivity contribution in [2.75, 3.05) is 13.1 Å². The zero-order chi connectivity index (χ0) is 14.1. The maximum Gasteiger partial charge on any atom is 0.407 e. The molecular formula is C13H19N3O3. The molecule has 6 heteroatoms. The van der Waals surface area contributed by atoms with Gasteiger partial charge in [-0.15, -0.1) is 0 Å². The summed E-state index contributed by atoms with van der Waals surface area (Å²) in [5.41, 5.74) is 0.910. The van der Waals surface area contributed by atoms with Gasteiger partial charge in [0.05, 0.1) is 0 Å². The minimum Gasteiger partial charge on any atom is -0.445 e. The summed E-state index contributed by atoms with van der Waals surface area (Å²) in [6.45, 7) is 2.63. The topological polar surface area (TPSA) is 84.7 Å². The second-order valence-electron chi connectivity index (χ2n) is 3.92. The standard InChI is InChI=1S/C13H19N3O3/c1-2-16(14)12(17)8-9-15-13(18)19-10-11-6-4-3-5-7-11/h3-7H,2,8-10,14H2,1H3,(H,15,18). The van der Waals surface area contributed by atoms with Crippen molar-refractivity contribution in [2.45, 2.75) is 20.0 Å². The smallest absolute Gasteiger partial charge is 0.407 e. The third kappa shape index (κ3) is 5.87. The molecule has 0 aliphatic carbocycles. The largest absolute Gasteiger partial charge is 0.445 e. The lowest BCUT2D eigenvalue weighted by molar-refractivity contribution is -0.131. The Hall–Kier alpha value is -2.08. The van der Waals surface area contributed by atoms with Crippen LogP contribution in [0.4, 0.5) is 4.79 Å². The number of hydrogen-bond donors (Lipinski definition) is 2. The molecule has 0 spiro atoms. The molecule has 0 saturated heterocycles. The van der Waals surface area contributed by atoms with Gasteiger partial charge in [0, 0.05) is 19.5 Å². The van der Waals surface area contributed by atoms with E-state index < -0.39 is 6.09 Å². The van der Waals surface area contributed by atoms with E-state index in [1.54, 1.807) is 6.92 Å². The highest BCUT2D eigenvalue weighted by Gasteiger charge is 2.08. The molecule has 2 amide bonds. The number of amides is 2. The molecule has 0 radical (unpaired) electrons.